The van der Waals surface area contributed by atoms with Gasteiger partial charge in [-0.2, -0.15) is 0 Å². The topological polar surface area (TPSA) is 56.1 Å². The van der Waals surface area contributed by atoms with Gasteiger partial charge in [-0.15, -0.1) is 6.58 Å². The Labute approximate surface area is 201 Å². The van der Waals surface area contributed by atoms with Gasteiger partial charge in [-0.05, 0) is 55.7 Å². The molecule has 5 nitrogen and oxygen atoms in total. The van der Waals surface area contributed by atoms with E-state index in [-0.39, 0.29) is 5.91 Å². The summed E-state index contributed by atoms with van der Waals surface area (Å²) in [6.45, 7) is 7.76. The van der Waals surface area contributed by atoms with Crippen molar-refractivity contribution >= 4 is 16.9 Å². The van der Waals surface area contributed by atoms with Crippen molar-refractivity contribution in [3.05, 3.63) is 108 Å². The average molecular weight is 454 g/mol. The highest BCUT2D eigenvalue weighted by molar-refractivity contribution is 5.94. The van der Waals surface area contributed by atoms with Crippen molar-refractivity contribution < 1.29 is 9.53 Å². The summed E-state index contributed by atoms with van der Waals surface area (Å²) in [6, 6.07) is 23.9. The summed E-state index contributed by atoms with van der Waals surface area (Å²) < 4.78 is 8.32. The van der Waals surface area contributed by atoms with Crippen LogP contribution in [0.1, 0.15) is 33.7 Å². The van der Waals surface area contributed by atoms with Crippen LogP contribution in [0.3, 0.4) is 0 Å². The lowest BCUT2D eigenvalue weighted by atomic mass is 10.1. The van der Waals surface area contributed by atoms with Gasteiger partial charge in [0.2, 0.25) is 0 Å². The number of carbonyl (C=O) groups is 1. The molecule has 1 heterocycles. The van der Waals surface area contributed by atoms with Crippen molar-refractivity contribution in [1.82, 2.24) is 14.9 Å². The molecular weight excluding hydrogens is 422 g/mol. The molecular formula is C29H31N3O2. The quantitative estimate of drug-likeness (QED) is 0.240. The molecule has 34 heavy (non-hydrogen) atoms. The number of para-hydroxylation sites is 3. The minimum absolute atomic E-state index is 0.0575. The zero-order valence-corrected chi connectivity index (χ0v) is 19.7. The Bertz CT molecular complexity index is 1280. The van der Waals surface area contributed by atoms with Crippen molar-refractivity contribution in [1.29, 1.82) is 0 Å². The number of nitrogens with one attached hydrogen (secondary N) is 1. The summed E-state index contributed by atoms with van der Waals surface area (Å²) in [5.41, 5.74) is 4.98. The summed E-state index contributed by atoms with van der Waals surface area (Å²) in [7, 11) is 0. The van der Waals surface area contributed by atoms with Gasteiger partial charge in [0.25, 0.3) is 5.91 Å². The monoisotopic (exact) mass is 453 g/mol. The van der Waals surface area contributed by atoms with E-state index in [9.17, 15) is 4.79 Å². The molecule has 174 valence electrons. The molecule has 0 spiro atoms. The van der Waals surface area contributed by atoms with Gasteiger partial charge in [-0.3, -0.25) is 4.79 Å². The number of hydrogen-bond donors (Lipinski definition) is 1. The van der Waals surface area contributed by atoms with Gasteiger partial charge in [0.15, 0.2) is 0 Å². The Morgan fingerprint density at radius 1 is 1.09 bits per heavy atom. The number of ether oxygens (including phenoxy) is 1. The molecule has 0 aliphatic carbocycles. The normalized spacial score (nSPS) is 10.9. The van der Waals surface area contributed by atoms with E-state index in [1.807, 2.05) is 73.7 Å². The number of benzene rings is 3. The zero-order valence-electron chi connectivity index (χ0n) is 19.7. The molecule has 3 aromatic carbocycles. The number of rotatable bonds is 11. The van der Waals surface area contributed by atoms with E-state index < -0.39 is 0 Å². The Morgan fingerprint density at radius 2 is 1.91 bits per heavy atom. The van der Waals surface area contributed by atoms with E-state index in [1.54, 1.807) is 0 Å². The van der Waals surface area contributed by atoms with Gasteiger partial charge >= 0.3 is 0 Å². The first-order valence-electron chi connectivity index (χ1n) is 11.8. The van der Waals surface area contributed by atoms with Crippen molar-refractivity contribution in [2.45, 2.75) is 32.7 Å². The molecule has 1 amide bonds. The largest absolute Gasteiger partial charge is 0.493 e. The third-order valence-electron chi connectivity index (χ3n) is 5.77. The van der Waals surface area contributed by atoms with Crippen molar-refractivity contribution in [2.75, 3.05) is 13.2 Å². The molecule has 0 saturated carbocycles. The highest BCUT2D eigenvalue weighted by Crippen LogP contribution is 2.20. The molecule has 0 unspecified atom stereocenters. The molecule has 4 rings (SSSR count). The van der Waals surface area contributed by atoms with Crippen LogP contribution >= 0.6 is 0 Å². The van der Waals surface area contributed by atoms with Gasteiger partial charge in [0, 0.05) is 25.1 Å². The van der Waals surface area contributed by atoms with Crippen LogP contribution in [0, 0.1) is 6.92 Å². The number of aromatic nitrogens is 2. The number of allylic oxidation sites excluding steroid dienone is 1. The molecule has 1 aromatic heterocycles. The molecule has 0 bridgehead atoms. The summed E-state index contributed by atoms with van der Waals surface area (Å²) in [4.78, 5) is 17.3. The summed E-state index contributed by atoms with van der Waals surface area (Å²) in [5, 5.41) is 3.03. The third-order valence-corrected chi connectivity index (χ3v) is 5.77. The highest BCUT2D eigenvalue weighted by atomic mass is 16.5. The van der Waals surface area contributed by atoms with Crippen molar-refractivity contribution in [3.8, 4) is 5.75 Å². The van der Waals surface area contributed by atoms with E-state index >= 15 is 0 Å². The molecule has 0 radical (unpaired) electrons. The Kier molecular flexibility index (Phi) is 7.76. The SMILES string of the molecule is C=CCc1ccccc1OCCCn1c(CCNC(=O)c2cccc(C)c2)nc2ccccc21. The predicted molar refractivity (Wildman–Crippen MR) is 137 cm³/mol. The van der Waals surface area contributed by atoms with Gasteiger partial charge in [-0.25, -0.2) is 4.98 Å². The Morgan fingerprint density at radius 3 is 2.76 bits per heavy atom. The second-order valence-corrected chi connectivity index (χ2v) is 8.35. The number of fused-ring (bicyclic) bond motifs is 1. The fourth-order valence-corrected chi connectivity index (χ4v) is 4.12. The smallest absolute Gasteiger partial charge is 0.251 e. The zero-order chi connectivity index (χ0) is 23.8. The predicted octanol–water partition coefficient (Wildman–Crippen LogP) is 5.51. The van der Waals surface area contributed by atoms with E-state index in [4.69, 9.17) is 9.72 Å². The van der Waals surface area contributed by atoms with Crippen LogP contribution in [0.15, 0.2) is 85.5 Å². The number of hydrogen-bond acceptors (Lipinski definition) is 3. The molecule has 0 aliphatic rings. The van der Waals surface area contributed by atoms with Crippen LogP contribution < -0.4 is 10.1 Å². The Balaban J connectivity index is 1.38. The van der Waals surface area contributed by atoms with Gasteiger partial charge in [0.1, 0.15) is 11.6 Å². The fourth-order valence-electron chi connectivity index (χ4n) is 4.12. The van der Waals surface area contributed by atoms with E-state index in [1.165, 1.54) is 0 Å². The number of carbonyl (C=O) groups excluding carboxylic acids is 1. The standard InChI is InChI=1S/C29H31N3O2/c1-3-10-23-12-4-7-16-27(23)34-20-9-19-32-26-15-6-5-14-25(26)31-28(32)17-18-30-29(33)24-13-8-11-22(2)21-24/h3-8,11-16,21H,1,9-10,17-20H2,2H3,(H,30,33). The van der Waals surface area contributed by atoms with Gasteiger partial charge in [0.05, 0.1) is 17.6 Å². The first-order valence-corrected chi connectivity index (χ1v) is 11.8. The molecule has 0 aliphatic heterocycles. The second-order valence-electron chi connectivity index (χ2n) is 8.35. The molecule has 5 heteroatoms. The molecule has 0 atom stereocenters. The van der Waals surface area contributed by atoms with E-state index in [0.29, 0.717) is 25.1 Å². The summed E-state index contributed by atoms with van der Waals surface area (Å²) in [6.07, 6.45) is 4.20. The highest BCUT2D eigenvalue weighted by Gasteiger charge is 2.12. The number of aryl methyl sites for hydroxylation is 2. The first-order chi connectivity index (χ1) is 16.7. The van der Waals surface area contributed by atoms with Gasteiger partial charge < -0.3 is 14.6 Å². The fraction of sp³-hybridized carbons (Fsp3) is 0.241. The van der Waals surface area contributed by atoms with E-state index in [2.05, 4.69) is 28.6 Å². The molecule has 0 fully saturated rings. The van der Waals surface area contributed by atoms with Crippen molar-refractivity contribution in [3.63, 3.8) is 0 Å². The summed E-state index contributed by atoms with van der Waals surface area (Å²) in [5.74, 6) is 1.83. The van der Waals surface area contributed by atoms with Crippen LogP contribution in [0.2, 0.25) is 0 Å². The molecule has 1 N–H and O–H groups in total. The average Bonchev–Trinajstić information content (AvgIpc) is 3.20. The number of amides is 1. The van der Waals surface area contributed by atoms with Crippen LogP contribution in [0.5, 0.6) is 5.75 Å². The minimum atomic E-state index is -0.0575. The second kappa shape index (κ2) is 11.3. The van der Waals surface area contributed by atoms with Gasteiger partial charge in [-0.1, -0.05) is 54.1 Å². The maximum atomic E-state index is 12.5. The van der Waals surface area contributed by atoms with Crippen LogP contribution in [0.4, 0.5) is 0 Å². The van der Waals surface area contributed by atoms with Crippen LogP contribution in [0.25, 0.3) is 11.0 Å². The first kappa shape index (κ1) is 23.3. The van der Waals surface area contributed by atoms with Crippen LogP contribution in [-0.4, -0.2) is 28.6 Å². The van der Waals surface area contributed by atoms with Crippen molar-refractivity contribution in [2.24, 2.45) is 0 Å². The lowest BCUT2D eigenvalue weighted by molar-refractivity contribution is 0.0954. The minimum Gasteiger partial charge on any atom is -0.493 e. The number of nitrogens with zero attached hydrogens (tertiary/aromatic N) is 2. The lowest BCUT2D eigenvalue weighted by Gasteiger charge is -2.13. The molecule has 4 aromatic rings. The maximum absolute atomic E-state index is 12.5. The third kappa shape index (κ3) is 5.73. The van der Waals surface area contributed by atoms with E-state index in [0.717, 1.165) is 53.1 Å². The Hall–Kier alpha value is -3.86. The summed E-state index contributed by atoms with van der Waals surface area (Å²) >= 11 is 0. The van der Waals surface area contributed by atoms with Crippen LogP contribution in [-0.2, 0) is 19.4 Å². The molecule has 0 saturated heterocycles. The maximum Gasteiger partial charge on any atom is 0.251 e. The lowest BCUT2D eigenvalue weighted by Crippen LogP contribution is -2.26. The number of imidazole rings is 1.